The number of carbonyl (C=O) groups excluding carboxylic acids is 1. The third-order valence-corrected chi connectivity index (χ3v) is 0.942. The van der Waals surface area contributed by atoms with E-state index in [1.807, 2.05) is 0 Å². The summed E-state index contributed by atoms with van der Waals surface area (Å²) in [5.74, 6) is 0.275. The maximum Gasteiger partial charge on any atom is 0.239 e. The Morgan fingerprint density at radius 3 is 2.82 bits per heavy atom. The average Bonchev–Trinajstić information content (AvgIpc) is 1.97. The lowest BCUT2D eigenvalue weighted by Gasteiger charge is -1.91. The number of aliphatic imine (C=N–C) groups is 2. The van der Waals surface area contributed by atoms with Crippen molar-refractivity contribution in [2.45, 2.75) is 6.92 Å². The molecule has 0 rings (SSSR count). The molecule has 0 aromatic carbocycles. The summed E-state index contributed by atoms with van der Waals surface area (Å²) in [7, 11) is 1.75. The highest BCUT2D eigenvalue weighted by Crippen LogP contribution is 1.69. The monoisotopic (exact) mass is 156 g/mol. The highest BCUT2D eigenvalue weighted by molar-refractivity contribution is 5.87. The van der Waals surface area contributed by atoms with Gasteiger partial charge in [0, 0.05) is 7.05 Å². The van der Waals surface area contributed by atoms with Crippen LogP contribution in [0.25, 0.3) is 0 Å². The summed E-state index contributed by atoms with van der Waals surface area (Å²) in [4.78, 5) is 17.6. The maximum absolute atomic E-state index is 10.2. The van der Waals surface area contributed by atoms with Crippen LogP contribution in [0.5, 0.6) is 0 Å². The quantitative estimate of drug-likeness (QED) is 0.412. The Bertz CT molecular complexity index is 185. The summed E-state index contributed by atoms with van der Waals surface area (Å²) < 4.78 is 0. The Morgan fingerprint density at radius 1 is 1.73 bits per heavy atom. The van der Waals surface area contributed by atoms with Crippen LogP contribution >= 0.6 is 0 Å². The zero-order chi connectivity index (χ0) is 8.69. The summed E-state index contributed by atoms with van der Waals surface area (Å²) in [6, 6.07) is 0. The first kappa shape index (κ1) is 9.61. The van der Waals surface area contributed by atoms with E-state index in [1.165, 1.54) is 6.34 Å². The summed E-state index contributed by atoms with van der Waals surface area (Å²) in [6.45, 7) is 1.77. The number of primary amides is 1. The Balaban J connectivity index is 3.67. The van der Waals surface area contributed by atoms with Gasteiger partial charge in [-0.05, 0) is 6.92 Å². The third kappa shape index (κ3) is 6.50. The van der Waals surface area contributed by atoms with Gasteiger partial charge in [0.25, 0.3) is 0 Å². The molecule has 0 atom stereocenters. The predicted molar refractivity (Wildman–Crippen MR) is 44.7 cm³/mol. The van der Waals surface area contributed by atoms with Crippen molar-refractivity contribution in [3.63, 3.8) is 0 Å². The van der Waals surface area contributed by atoms with Gasteiger partial charge in [-0.1, -0.05) is 0 Å². The van der Waals surface area contributed by atoms with Crippen molar-refractivity contribution in [1.82, 2.24) is 5.32 Å². The van der Waals surface area contributed by atoms with E-state index in [1.54, 1.807) is 14.0 Å². The molecule has 0 aromatic rings. The lowest BCUT2D eigenvalue weighted by atomic mass is 10.6. The number of hydrogen-bond donors (Lipinski definition) is 2. The molecule has 0 aliphatic heterocycles. The van der Waals surface area contributed by atoms with Crippen molar-refractivity contribution in [2.75, 3.05) is 13.6 Å². The molecule has 0 aliphatic carbocycles. The molecule has 0 saturated heterocycles. The summed E-state index contributed by atoms with van der Waals surface area (Å²) >= 11 is 0. The Hall–Kier alpha value is -1.39. The fraction of sp³-hybridized carbons (Fsp3) is 0.500. The van der Waals surface area contributed by atoms with E-state index in [0.29, 0.717) is 0 Å². The van der Waals surface area contributed by atoms with E-state index < -0.39 is 5.91 Å². The van der Waals surface area contributed by atoms with Crippen LogP contribution in [-0.4, -0.2) is 31.7 Å². The van der Waals surface area contributed by atoms with Gasteiger partial charge in [0.2, 0.25) is 5.91 Å². The predicted octanol–water partition coefficient (Wildman–Crippen LogP) is -0.862. The van der Waals surface area contributed by atoms with Crippen LogP contribution in [0.2, 0.25) is 0 Å². The van der Waals surface area contributed by atoms with Crippen LogP contribution in [0.15, 0.2) is 9.98 Å². The van der Waals surface area contributed by atoms with E-state index in [0.717, 1.165) is 5.84 Å². The number of nitrogens with two attached hydrogens (primary N) is 1. The van der Waals surface area contributed by atoms with Gasteiger partial charge in [-0.15, -0.1) is 0 Å². The van der Waals surface area contributed by atoms with Gasteiger partial charge < -0.3 is 11.1 Å². The standard InChI is InChI=1S/C6H12N4O/c1-5(8-2)10-4-9-3-6(7)11/h4H,3H2,1-2H3,(H2,7,11)(H,8,9,10). The van der Waals surface area contributed by atoms with Crippen LogP contribution < -0.4 is 11.1 Å². The van der Waals surface area contributed by atoms with Crippen LogP contribution in [0, 0.1) is 0 Å². The van der Waals surface area contributed by atoms with Crippen molar-refractivity contribution in [2.24, 2.45) is 15.7 Å². The minimum absolute atomic E-state index is 0.0134. The van der Waals surface area contributed by atoms with Gasteiger partial charge in [-0.3, -0.25) is 9.79 Å². The van der Waals surface area contributed by atoms with Gasteiger partial charge >= 0.3 is 0 Å². The zero-order valence-electron chi connectivity index (χ0n) is 6.66. The zero-order valence-corrected chi connectivity index (χ0v) is 6.66. The first-order chi connectivity index (χ1) is 5.16. The summed E-state index contributed by atoms with van der Waals surface area (Å²) in [5, 5.41) is 2.80. The second-order valence-electron chi connectivity index (χ2n) is 1.89. The van der Waals surface area contributed by atoms with Gasteiger partial charge in [0.05, 0.1) is 5.84 Å². The Morgan fingerprint density at radius 2 is 2.36 bits per heavy atom. The molecule has 0 unspecified atom stereocenters. The highest BCUT2D eigenvalue weighted by atomic mass is 16.1. The Labute approximate surface area is 65.4 Å². The van der Waals surface area contributed by atoms with Crippen molar-refractivity contribution in [3.05, 3.63) is 0 Å². The first-order valence-corrected chi connectivity index (χ1v) is 3.15. The minimum atomic E-state index is -0.460. The van der Waals surface area contributed by atoms with Crippen molar-refractivity contribution >= 4 is 18.1 Å². The SMILES string of the molecule is CN/C(C)=N/C=N\CC(N)=O. The molecule has 0 radical (unpaired) electrons. The number of carbonyl (C=O) groups is 1. The number of rotatable bonds is 3. The summed E-state index contributed by atoms with van der Waals surface area (Å²) in [5.41, 5.74) is 4.83. The van der Waals surface area contributed by atoms with Crippen molar-refractivity contribution in [1.29, 1.82) is 0 Å². The van der Waals surface area contributed by atoms with E-state index in [2.05, 4.69) is 15.3 Å². The topological polar surface area (TPSA) is 79.8 Å². The molecule has 5 nitrogen and oxygen atoms in total. The molecule has 3 N–H and O–H groups in total. The second-order valence-corrected chi connectivity index (χ2v) is 1.89. The second kappa shape index (κ2) is 5.40. The van der Waals surface area contributed by atoms with Crippen molar-refractivity contribution < 1.29 is 4.79 Å². The Kier molecular flexibility index (Phi) is 4.72. The lowest BCUT2D eigenvalue weighted by molar-refractivity contribution is -0.116. The molecule has 62 valence electrons. The number of nitrogens with one attached hydrogen (secondary N) is 1. The molecule has 0 aromatic heterocycles. The molecule has 0 fully saturated rings. The molecule has 0 saturated carbocycles. The maximum atomic E-state index is 10.2. The van der Waals surface area contributed by atoms with Crippen LogP contribution in [-0.2, 0) is 4.79 Å². The first-order valence-electron chi connectivity index (χ1n) is 3.15. The van der Waals surface area contributed by atoms with E-state index in [9.17, 15) is 4.79 Å². The number of amides is 1. The fourth-order valence-electron chi connectivity index (χ4n) is 0.323. The lowest BCUT2D eigenvalue weighted by Crippen LogP contribution is -2.15. The molecule has 11 heavy (non-hydrogen) atoms. The smallest absolute Gasteiger partial charge is 0.239 e. The molecule has 1 amide bonds. The average molecular weight is 156 g/mol. The van der Waals surface area contributed by atoms with Gasteiger partial charge in [-0.25, -0.2) is 4.99 Å². The normalized spacial score (nSPS) is 12.0. The van der Waals surface area contributed by atoms with Crippen LogP contribution in [0.1, 0.15) is 6.92 Å². The number of hydrogen-bond acceptors (Lipinski definition) is 2. The number of nitrogens with zero attached hydrogens (tertiary/aromatic N) is 2. The van der Waals surface area contributed by atoms with E-state index in [4.69, 9.17) is 5.73 Å². The highest BCUT2D eigenvalue weighted by Gasteiger charge is 1.85. The summed E-state index contributed by atoms with van der Waals surface area (Å²) in [6.07, 6.45) is 1.30. The van der Waals surface area contributed by atoms with E-state index >= 15 is 0 Å². The van der Waals surface area contributed by atoms with Gasteiger partial charge in [0.15, 0.2) is 0 Å². The van der Waals surface area contributed by atoms with E-state index in [-0.39, 0.29) is 6.54 Å². The van der Waals surface area contributed by atoms with Gasteiger partial charge in [-0.2, -0.15) is 0 Å². The molecule has 0 spiro atoms. The molecule has 0 aliphatic rings. The van der Waals surface area contributed by atoms with Crippen LogP contribution in [0.4, 0.5) is 0 Å². The molecule has 0 heterocycles. The largest absolute Gasteiger partial charge is 0.377 e. The minimum Gasteiger partial charge on any atom is -0.377 e. The van der Waals surface area contributed by atoms with Gasteiger partial charge in [0.1, 0.15) is 12.9 Å². The fourth-order valence-corrected chi connectivity index (χ4v) is 0.323. The molecule has 0 bridgehead atoms. The van der Waals surface area contributed by atoms with Crippen molar-refractivity contribution in [3.8, 4) is 0 Å². The third-order valence-electron chi connectivity index (χ3n) is 0.942. The molecular formula is C6H12N4O. The molecule has 5 heteroatoms. The molecular weight excluding hydrogens is 144 g/mol. The van der Waals surface area contributed by atoms with Crippen LogP contribution in [0.3, 0.4) is 0 Å². The number of amidine groups is 1.